The molecule has 0 bridgehead atoms. The van der Waals surface area contributed by atoms with Gasteiger partial charge in [0.15, 0.2) is 0 Å². The van der Waals surface area contributed by atoms with Crippen LogP contribution in [0, 0.1) is 5.92 Å². The SMILES string of the molecule is O=C1CCC(N2Cc3cc(-c4cnn(CCC5CCN(c6ccc(C7c8ccc(OCc9ccccc9)cc8CCC7c7ccccc7)cc6)CC5)c4)ccc3C2=O)C(=O)N1. The fourth-order valence-corrected chi connectivity index (χ4v) is 10.2. The van der Waals surface area contributed by atoms with Gasteiger partial charge in [-0.25, -0.2) is 0 Å². The average Bonchev–Trinajstić information content (AvgIpc) is 3.92. The summed E-state index contributed by atoms with van der Waals surface area (Å²) in [4.78, 5) is 41.4. The summed E-state index contributed by atoms with van der Waals surface area (Å²) in [7, 11) is 0. The Hall–Kier alpha value is -6.48. The van der Waals surface area contributed by atoms with Crippen molar-refractivity contribution < 1.29 is 19.1 Å². The maximum atomic E-state index is 13.2. The van der Waals surface area contributed by atoms with Crippen molar-refractivity contribution in [1.82, 2.24) is 20.0 Å². The van der Waals surface area contributed by atoms with Gasteiger partial charge in [-0.2, -0.15) is 5.10 Å². The van der Waals surface area contributed by atoms with E-state index in [9.17, 15) is 14.4 Å². The molecule has 3 amide bonds. The zero-order chi connectivity index (χ0) is 41.3. The Labute approximate surface area is 357 Å². The molecule has 2 saturated heterocycles. The molecule has 4 aliphatic rings. The Morgan fingerprint density at radius 1 is 0.721 bits per heavy atom. The zero-order valence-electron chi connectivity index (χ0n) is 34.4. The number of carbonyl (C=O) groups excluding carboxylic acids is 3. The lowest BCUT2D eigenvalue weighted by Gasteiger charge is -2.36. The lowest BCUT2D eigenvalue weighted by atomic mass is 9.69. The normalized spacial score (nSPS) is 20.3. The molecule has 6 aromatic rings. The minimum absolute atomic E-state index is 0.155. The summed E-state index contributed by atoms with van der Waals surface area (Å²) < 4.78 is 8.30. The van der Waals surface area contributed by atoms with Crippen molar-refractivity contribution in [3.05, 3.63) is 173 Å². The van der Waals surface area contributed by atoms with E-state index < -0.39 is 11.9 Å². The van der Waals surface area contributed by atoms with Gasteiger partial charge in [-0.05, 0) is 126 Å². The Morgan fingerprint density at radius 3 is 2.30 bits per heavy atom. The van der Waals surface area contributed by atoms with Gasteiger partial charge in [0.05, 0.1) is 6.20 Å². The van der Waals surface area contributed by atoms with Gasteiger partial charge < -0.3 is 14.5 Å². The Balaban J connectivity index is 0.756. The lowest BCUT2D eigenvalue weighted by Crippen LogP contribution is -2.52. The van der Waals surface area contributed by atoms with E-state index in [1.54, 1.807) is 4.90 Å². The van der Waals surface area contributed by atoms with Crippen LogP contribution in [0.1, 0.15) is 94.1 Å². The number of amides is 3. The second-order valence-corrected chi connectivity index (χ2v) is 17.2. The molecule has 1 aliphatic carbocycles. The van der Waals surface area contributed by atoms with Gasteiger partial charge >= 0.3 is 0 Å². The molecule has 9 nitrogen and oxygen atoms in total. The molecular weight excluding hydrogens is 759 g/mol. The van der Waals surface area contributed by atoms with Crippen LogP contribution in [0.4, 0.5) is 5.69 Å². The van der Waals surface area contributed by atoms with Gasteiger partial charge in [0.1, 0.15) is 18.4 Å². The molecule has 1 N–H and O–H groups in total. The molecule has 1 aromatic heterocycles. The molecule has 0 spiro atoms. The Morgan fingerprint density at radius 2 is 1.51 bits per heavy atom. The lowest BCUT2D eigenvalue weighted by molar-refractivity contribution is -0.136. The first-order valence-electron chi connectivity index (χ1n) is 21.9. The van der Waals surface area contributed by atoms with Crippen molar-refractivity contribution in [2.45, 2.75) is 82.5 Å². The minimum Gasteiger partial charge on any atom is -0.489 e. The van der Waals surface area contributed by atoms with E-state index in [4.69, 9.17) is 9.84 Å². The molecule has 3 aliphatic heterocycles. The molecular formula is C52H51N5O4. The number of ether oxygens (including phenoxy) is 1. The highest BCUT2D eigenvalue weighted by atomic mass is 16.5. The highest BCUT2D eigenvalue weighted by Gasteiger charge is 2.39. The highest BCUT2D eigenvalue weighted by Crippen LogP contribution is 2.47. The zero-order valence-corrected chi connectivity index (χ0v) is 34.4. The number of fused-ring (bicyclic) bond motifs is 2. The summed E-state index contributed by atoms with van der Waals surface area (Å²) in [6, 6.07) is 42.8. The van der Waals surface area contributed by atoms with Crippen LogP contribution >= 0.6 is 0 Å². The topological polar surface area (TPSA) is 96.8 Å². The number of hydrogen-bond acceptors (Lipinski definition) is 6. The van der Waals surface area contributed by atoms with Crippen molar-refractivity contribution in [2.75, 3.05) is 18.0 Å². The van der Waals surface area contributed by atoms with Crippen molar-refractivity contribution in [3.63, 3.8) is 0 Å². The molecule has 308 valence electrons. The van der Waals surface area contributed by atoms with Crippen LogP contribution in [0.3, 0.4) is 0 Å². The molecule has 5 aromatic carbocycles. The van der Waals surface area contributed by atoms with Crippen molar-refractivity contribution in [3.8, 4) is 16.9 Å². The number of hydrogen-bond donors (Lipinski definition) is 1. The molecule has 2 fully saturated rings. The molecule has 10 rings (SSSR count). The molecule has 3 atom stereocenters. The summed E-state index contributed by atoms with van der Waals surface area (Å²) in [6.07, 6.45) is 10.1. The number of aromatic nitrogens is 2. The predicted octanol–water partition coefficient (Wildman–Crippen LogP) is 9.06. The number of nitrogens with one attached hydrogen (secondary N) is 1. The van der Waals surface area contributed by atoms with Crippen molar-refractivity contribution >= 4 is 23.4 Å². The van der Waals surface area contributed by atoms with Crippen LogP contribution in [-0.4, -0.2) is 51.5 Å². The van der Waals surface area contributed by atoms with Crippen LogP contribution in [0.25, 0.3) is 11.1 Å². The second-order valence-electron chi connectivity index (χ2n) is 17.2. The number of benzene rings is 5. The first kappa shape index (κ1) is 38.7. The Bertz CT molecular complexity index is 2540. The van der Waals surface area contributed by atoms with E-state index in [0.717, 1.165) is 74.2 Å². The van der Waals surface area contributed by atoms with Gasteiger partial charge in [-0.3, -0.25) is 24.4 Å². The maximum absolute atomic E-state index is 13.2. The predicted molar refractivity (Wildman–Crippen MR) is 236 cm³/mol. The summed E-state index contributed by atoms with van der Waals surface area (Å²) >= 11 is 0. The fraction of sp³-hybridized carbons (Fsp3) is 0.308. The molecule has 3 unspecified atom stereocenters. The van der Waals surface area contributed by atoms with E-state index in [1.807, 2.05) is 35.1 Å². The molecule has 9 heteroatoms. The first-order chi connectivity index (χ1) is 29.9. The number of piperidine rings is 2. The third-order valence-corrected chi connectivity index (χ3v) is 13.5. The van der Waals surface area contributed by atoms with Gasteiger partial charge in [0, 0.05) is 61.5 Å². The fourth-order valence-electron chi connectivity index (χ4n) is 10.2. The van der Waals surface area contributed by atoms with E-state index >= 15 is 0 Å². The number of nitrogens with zero attached hydrogens (tertiary/aromatic N) is 4. The monoisotopic (exact) mass is 809 g/mol. The maximum Gasteiger partial charge on any atom is 0.255 e. The molecule has 0 radical (unpaired) electrons. The van der Waals surface area contributed by atoms with Crippen LogP contribution in [-0.2, 0) is 35.7 Å². The van der Waals surface area contributed by atoms with Crippen molar-refractivity contribution in [1.29, 1.82) is 0 Å². The summed E-state index contributed by atoms with van der Waals surface area (Å²) in [5.41, 5.74) is 11.6. The third-order valence-electron chi connectivity index (χ3n) is 13.5. The van der Waals surface area contributed by atoms with Gasteiger partial charge in [0.2, 0.25) is 11.8 Å². The van der Waals surface area contributed by atoms with Crippen LogP contribution in [0.15, 0.2) is 134 Å². The number of anilines is 1. The first-order valence-corrected chi connectivity index (χ1v) is 21.9. The molecule has 4 heterocycles. The van der Waals surface area contributed by atoms with E-state index in [1.165, 1.54) is 33.5 Å². The number of carbonyl (C=O) groups is 3. The standard InChI is InChI=1S/C52H51N5O4/c58-49-22-21-48(51(59)54-49)57-33-41-29-39(13-19-47(41)52(57)60)42-31-53-56(32-42)28-25-35-23-26-55(27-24-35)43-15-11-38(12-16-43)50-45(37-9-5-2-6-10-37)18-14-40-30-44(17-20-46(40)50)61-34-36-7-3-1-4-8-36/h1-13,15-17,19-20,29-32,35,45,48,50H,14,18,21-28,33-34H2,(H,54,58,59). The van der Waals surface area contributed by atoms with Crippen LogP contribution in [0.5, 0.6) is 5.75 Å². The molecule has 61 heavy (non-hydrogen) atoms. The van der Waals surface area contributed by atoms with Crippen LogP contribution in [0.2, 0.25) is 0 Å². The second kappa shape index (κ2) is 16.9. The quantitative estimate of drug-likeness (QED) is 0.131. The number of rotatable bonds is 11. The number of imide groups is 1. The smallest absolute Gasteiger partial charge is 0.255 e. The van der Waals surface area contributed by atoms with Gasteiger partial charge in [-0.15, -0.1) is 0 Å². The van der Waals surface area contributed by atoms with E-state index in [-0.39, 0.29) is 24.2 Å². The summed E-state index contributed by atoms with van der Waals surface area (Å²) in [5, 5.41) is 7.08. The van der Waals surface area contributed by atoms with Crippen LogP contribution < -0.4 is 15.0 Å². The van der Waals surface area contributed by atoms with E-state index in [0.29, 0.717) is 37.0 Å². The third kappa shape index (κ3) is 8.09. The van der Waals surface area contributed by atoms with E-state index in [2.05, 4.69) is 113 Å². The Kier molecular flexibility index (Phi) is 10.7. The largest absolute Gasteiger partial charge is 0.489 e. The van der Waals surface area contributed by atoms with Gasteiger partial charge in [-0.1, -0.05) is 84.9 Å². The van der Waals surface area contributed by atoms with Gasteiger partial charge in [0.25, 0.3) is 5.91 Å². The average molecular weight is 810 g/mol. The molecule has 0 saturated carbocycles. The minimum atomic E-state index is -0.615. The highest BCUT2D eigenvalue weighted by molar-refractivity contribution is 6.05. The number of aryl methyl sites for hydroxylation is 2. The summed E-state index contributed by atoms with van der Waals surface area (Å²) in [5.74, 6) is 1.44. The van der Waals surface area contributed by atoms with Crippen molar-refractivity contribution in [2.24, 2.45) is 5.92 Å². The summed E-state index contributed by atoms with van der Waals surface area (Å²) in [6.45, 7) is 3.88.